The number of piperazine rings is 1. The molecule has 0 radical (unpaired) electrons. The van der Waals surface area contributed by atoms with Crippen LogP contribution in [0.1, 0.15) is 11.1 Å². The fraction of sp³-hybridized carbons (Fsp3) is 0.458. The zero-order valence-corrected chi connectivity index (χ0v) is 18.1. The van der Waals surface area contributed by atoms with Crippen LogP contribution in [0, 0.1) is 5.92 Å². The molecule has 2 aromatic rings. The van der Waals surface area contributed by atoms with Crippen molar-refractivity contribution in [1.29, 1.82) is 0 Å². The summed E-state index contributed by atoms with van der Waals surface area (Å²) < 4.78 is 16.9. The maximum atomic E-state index is 6.06. The monoisotopic (exact) mass is 423 g/mol. The predicted octanol–water partition coefficient (Wildman–Crippen LogP) is 2.63. The number of benzene rings is 2. The second-order valence-corrected chi connectivity index (χ2v) is 8.30. The first-order valence-corrected chi connectivity index (χ1v) is 10.9. The zero-order valence-electron chi connectivity index (χ0n) is 18.1. The third kappa shape index (κ3) is 4.07. The number of rotatable bonds is 6. The highest BCUT2D eigenvalue weighted by Gasteiger charge is 2.41. The number of methoxy groups -OCH3 is 2. The Morgan fingerprint density at radius 2 is 1.68 bits per heavy atom. The molecule has 3 aliphatic heterocycles. The number of nitrogens with zero attached hydrogens (tertiary/aromatic N) is 3. The molecule has 7 nitrogen and oxygen atoms in total. The minimum absolute atomic E-state index is 0.0110. The Hall–Kier alpha value is -2.77. The Labute approximate surface area is 183 Å². The lowest BCUT2D eigenvalue weighted by atomic mass is 9.90. The van der Waals surface area contributed by atoms with Crippen LogP contribution in [-0.4, -0.2) is 75.2 Å². The van der Waals surface area contributed by atoms with Crippen LogP contribution in [0.2, 0.25) is 0 Å². The van der Waals surface area contributed by atoms with Gasteiger partial charge in [0.1, 0.15) is 18.1 Å². The minimum Gasteiger partial charge on any atom is -0.493 e. The molecule has 0 amide bonds. The molecule has 0 saturated carbocycles. The van der Waals surface area contributed by atoms with Crippen LogP contribution in [0.3, 0.4) is 0 Å². The Balaban J connectivity index is 1.19. The number of hydrogen-bond donors (Lipinski definition) is 0. The van der Waals surface area contributed by atoms with Crippen molar-refractivity contribution in [3.05, 3.63) is 53.6 Å². The molecule has 0 aliphatic carbocycles. The molecular formula is C24H29N3O4. The van der Waals surface area contributed by atoms with Gasteiger partial charge in [0.25, 0.3) is 0 Å². The van der Waals surface area contributed by atoms with E-state index in [0.717, 1.165) is 56.3 Å². The van der Waals surface area contributed by atoms with E-state index in [9.17, 15) is 0 Å². The standard InChI is InChI=1S/C24H29N3O4/c1-28-21-12-18-20(13-22(21)29-2)30-16-19-23(31-25-24(18)19)15-27-10-8-26(9-11-27)14-17-6-4-3-5-7-17/h3-7,12-13,19,23H,8-11,14-16H2,1-2H3/t19-,23-/m0/s1. The molecule has 0 aromatic heterocycles. The third-order valence-corrected chi connectivity index (χ3v) is 6.42. The van der Waals surface area contributed by atoms with Crippen LogP contribution in [0.4, 0.5) is 0 Å². The van der Waals surface area contributed by atoms with Gasteiger partial charge in [-0.25, -0.2) is 0 Å². The average molecular weight is 424 g/mol. The molecule has 0 N–H and O–H groups in total. The van der Waals surface area contributed by atoms with E-state index in [1.165, 1.54) is 5.56 Å². The highest BCUT2D eigenvalue weighted by molar-refractivity contribution is 6.06. The van der Waals surface area contributed by atoms with Crippen LogP contribution in [0.5, 0.6) is 17.2 Å². The molecule has 164 valence electrons. The SMILES string of the molecule is COc1cc2c(cc1OC)C1=NO[C@@H](CN3CCN(Cc4ccccc4)CC3)[C@@H]1CO2. The summed E-state index contributed by atoms with van der Waals surface area (Å²) in [6.07, 6.45) is 0.0110. The first-order chi connectivity index (χ1) is 15.2. The van der Waals surface area contributed by atoms with Crippen LogP contribution in [0.15, 0.2) is 47.6 Å². The van der Waals surface area contributed by atoms with Gasteiger partial charge in [0.15, 0.2) is 17.6 Å². The van der Waals surface area contributed by atoms with E-state index in [0.29, 0.717) is 18.1 Å². The van der Waals surface area contributed by atoms with Crippen LogP contribution < -0.4 is 14.2 Å². The van der Waals surface area contributed by atoms with E-state index >= 15 is 0 Å². The highest BCUT2D eigenvalue weighted by atomic mass is 16.6. The number of hydrogen-bond acceptors (Lipinski definition) is 7. The summed E-state index contributed by atoms with van der Waals surface area (Å²) in [6, 6.07) is 14.5. The second kappa shape index (κ2) is 8.77. The largest absolute Gasteiger partial charge is 0.493 e. The van der Waals surface area contributed by atoms with Gasteiger partial charge >= 0.3 is 0 Å². The highest BCUT2D eigenvalue weighted by Crippen LogP contribution is 2.40. The first kappa shape index (κ1) is 20.2. The maximum Gasteiger partial charge on any atom is 0.164 e. The predicted molar refractivity (Wildman–Crippen MR) is 118 cm³/mol. The van der Waals surface area contributed by atoms with Crippen LogP contribution >= 0.6 is 0 Å². The summed E-state index contributed by atoms with van der Waals surface area (Å²) in [7, 11) is 3.26. The van der Waals surface area contributed by atoms with E-state index in [1.807, 2.05) is 12.1 Å². The normalized spacial score (nSPS) is 23.2. The lowest BCUT2D eigenvalue weighted by Crippen LogP contribution is -2.50. The van der Waals surface area contributed by atoms with Crippen molar-refractivity contribution < 1.29 is 19.0 Å². The van der Waals surface area contributed by atoms with Gasteiger partial charge in [-0.3, -0.25) is 9.80 Å². The molecule has 1 saturated heterocycles. The summed E-state index contributed by atoms with van der Waals surface area (Å²) in [5.41, 5.74) is 3.26. The van der Waals surface area contributed by atoms with E-state index in [1.54, 1.807) is 14.2 Å². The fourth-order valence-corrected chi connectivity index (χ4v) is 4.62. The number of ether oxygens (including phenoxy) is 3. The van der Waals surface area contributed by atoms with Crippen molar-refractivity contribution in [2.24, 2.45) is 11.1 Å². The van der Waals surface area contributed by atoms with Crippen molar-refractivity contribution in [3.63, 3.8) is 0 Å². The van der Waals surface area contributed by atoms with Crippen LogP contribution in [0.25, 0.3) is 0 Å². The first-order valence-electron chi connectivity index (χ1n) is 10.9. The van der Waals surface area contributed by atoms with Crippen molar-refractivity contribution in [3.8, 4) is 17.2 Å². The van der Waals surface area contributed by atoms with Crippen molar-refractivity contribution >= 4 is 5.71 Å². The molecular weight excluding hydrogens is 394 g/mol. The van der Waals surface area contributed by atoms with E-state index in [2.05, 4.69) is 45.3 Å². The molecule has 0 bridgehead atoms. The summed E-state index contributed by atoms with van der Waals surface area (Å²) in [4.78, 5) is 10.9. The smallest absolute Gasteiger partial charge is 0.164 e. The Kier molecular flexibility index (Phi) is 5.70. The van der Waals surface area contributed by atoms with Crippen LogP contribution in [-0.2, 0) is 11.4 Å². The average Bonchev–Trinajstić information content (AvgIpc) is 3.23. The molecule has 2 aromatic carbocycles. The van der Waals surface area contributed by atoms with Gasteiger partial charge in [-0.1, -0.05) is 35.5 Å². The number of fused-ring (bicyclic) bond motifs is 3. The summed E-state index contributed by atoms with van der Waals surface area (Å²) >= 11 is 0. The minimum atomic E-state index is 0.0110. The lowest BCUT2D eigenvalue weighted by molar-refractivity contribution is 0.00849. The quantitative estimate of drug-likeness (QED) is 0.712. The van der Waals surface area contributed by atoms with Crippen molar-refractivity contribution in [2.45, 2.75) is 12.6 Å². The molecule has 0 unspecified atom stereocenters. The van der Waals surface area contributed by atoms with Crippen molar-refractivity contribution in [1.82, 2.24) is 9.80 Å². The molecule has 3 aliphatic rings. The van der Waals surface area contributed by atoms with Gasteiger partial charge in [-0.2, -0.15) is 0 Å². The Bertz CT molecular complexity index is 941. The molecule has 7 heteroatoms. The van der Waals surface area contributed by atoms with Gasteiger partial charge in [0.2, 0.25) is 0 Å². The third-order valence-electron chi connectivity index (χ3n) is 6.42. The maximum absolute atomic E-state index is 6.06. The molecule has 31 heavy (non-hydrogen) atoms. The van der Waals surface area contributed by atoms with Gasteiger partial charge in [-0.15, -0.1) is 0 Å². The summed E-state index contributed by atoms with van der Waals surface area (Å²) in [5.74, 6) is 2.23. The van der Waals surface area contributed by atoms with E-state index in [4.69, 9.17) is 19.0 Å². The Morgan fingerprint density at radius 3 is 2.42 bits per heavy atom. The van der Waals surface area contributed by atoms with E-state index < -0.39 is 0 Å². The lowest BCUT2D eigenvalue weighted by Gasteiger charge is -2.36. The van der Waals surface area contributed by atoms with Crippen molar-refractivity contribution in [2.75, 3.05) is 53.6 Å². The van der Waals surface area contributed by atoms with E-state index in [-0.39, 0.29) is 12.0 Å². The molecule has 0 spiro atoms. The number of oxime groups is 1. The molecule has 2 atom stereocenters. The van der Waals surface area contributed by atoms with Gasteiger partial charge in [-0.05, 0) is 11.6 Å². The van der Waals surface area contributed by atoms with Gasteiger partial charge in [0, 0.05) is 50.9 Å². The second-order valence-electron chi connectivity index (χ2n) is 8.30. The molecule has 5 rings (SSSR count). The van der Waals surface area contributed by atoms with Gasteiger partial charge < -0.3 is 19.0 Å². The summed E-state index contributed by atoms with van der Waals surface area (Å²) in [6.45, 7) is 6.66. The molecule has 3 heterocycles. The fourth-order valence-electron chi connectivity index (χ4n) is 4.62. The summed E-state index contributed by atoms with van der Waals surface area (Å²) in [5, 5.41) is 4.45. The Morgan fingerprint density at radius 1 is 0.968 bits per heavy atom. The topological polar surface area (TPSA) is 55.8 Å². The molecule has 1 fully saturated rings. The van der Waals surface area contributed by atoms with Gasteiger partial charge in [0.05, 0.1) is 20.1 Å². The zero-order chi connectivity index (χ0) is 21.2.